The zero-order chi connectivity index (χ0) is 18.6. The molecule has 0 unspecified atom stereocenters. The highest BCUT2D eigenvalue weighted by Gasteiger charge is 2.31. The van der Waals surface area contributed by atoms with Crippen molar-refractivity contribution in [2.24, 2.45) is 0 Å². The van der Waals surface area contributed by atoms with E-state index in [1.54, 1.807) is 0 Å². The molecule has 1 heterocycles. The zero-order valence-corrected chi connectivity index (χ0v) is 15.2. The van der Waals surface area contributed by atoms with Gasteiger partial charge < -0.3 is 9.26 Å². The van der Waals surface area contributed by atoms with Crippen LogP contribution < -0.4 is 0 Å². The first-order valence-electron chi connectivity index (χ1n) is 8.65. The maximum absolute atomic E-state index is 12.5. The van der Waals surface area contributed by atoms with Gasteiger partial charge in [0.15, 0.2) is 6.61 Å². The van der Waals surface area contributed by atoms with Crippen molar-refractivity contribution < 1.29 is 14.1 Å². The Labute approximate surface area is 153 Å². The lowest BCUT2D eigenvalue weighted by Crippen LogP contribution is -2.30. The van der Waals surface area contributed by atoms with Crippen LogP contribution in [0.2, 0.25) is 0 Å². The molecule has 0 atom stereocenters. The largest absolute Gasteiger partial charge is 0.455 e. The molecule has 5 nitrogen and oxygen atoms in total. The van der Waals surface area contributed by atoms with E-state index in [1.807, 2.05) is 68.4 Å². The smallest absolute Gasteiger partial charge is 0.316 e. The highest BCUT2D eigenvalue weighted by molar-refractivity contribution is 5.82. The first-order valence-corrected chi connectivity index (χ1v) is 8.65. The standard InChI is InChI=1S/C21H22N2O3/c1-4-15-10-12-16(13-11-15)19-22-18(26-23-19)14-25-20(24)21(2,3)17-8-6-5-7-9-17/h5-13H,4,14H2,1-3H3. The Bertz CT molecular complexity index is 868. The van der Waals surface area contributed by atoms with Gasteiger partial charge in [-0.2, -0.15) is 4.98 Å². The van der Waals surface area contributed by atoms with Gasteiger partial charge in [0, 0.05) is 5.56 Å². The minimum absolute atomic E-state index is 0.0465. The van der Waals surface area contributed by atoms with Crippen LogP contribution in [0.5, 0.6) is 0 Å². The lowest BCUT2D eigenvalue weighted by Gasteiger charge is -2.22. The number of aromatic nitrogens is 2. The third kappa shape index (κ3) is 3.82. The van der Waals surface area contributed by atoms with Gasteiger partial charge >= 0.3 is 5.97 Å². The molecule has 0 amide bonds. The molecule has 0 N–H and O–H groups in total. The molecule has 2 aromatic carbocycles. The van der Waals surface area contributed by atoms with Gasteiger partial charge in [-0.05, 0) is 31.4 Å². The zero-order valence-electron chi connectivity index (χ0n) is 15.2. The Balaban J connectivity index is 1.65. The number of benzene rings is 2. The van der Waals surface area contributed by atoms with E-state index in [4.69, 9.17) is 9.26 Å². The Morgan fingerprint density at radius 2 is 1.77 bits per heavy atom. The Morgan fingerprint density at radius 3 is 2.42 bits per heavy atom. The number of esters is 1. The molecule has 0 saturated carbocycles. The first-order chi connectivity index (χ1) is 12.5. The second-order valence-corrected chi connectivity index (χ2v) is 6.63. The molecule has 5 heteroatoms. The Kier molecular flexibility index (Phi) is 5.16. The Morgan fingerprint density at radius 1 is 1.08 bits per heavy atom. The van der Waals surface area contributed by atoms with Crippen molar-refractivity contribution in [2.45, 2.75) is 39.2 Å². The number of ether oxygens (including phenoxy) is 1. The second-order valence-electron chi connectivity index (χ2n) is 6.63. The van der Waals surface area contributed by atoms with Crippen molar-refractivity contribution >= 4 is 5.97 Å². The van der Waals surface area contributed by atoms with Gasteiger partial charge in [0.1, 0.15) is 0 Å². The van der Waals surface area contributed by atoms with Crippen molar-refractivity contribution in [1.82, 2.24) is 10.1 Å². The third-order valence-corrected chi connectivity index (χ3v) is 4.42. The predicted molar refractivity (Wildman–Crippen MR) is 98.4 cm³/mol. The molecule has 3 aromatic rings. The fraction of sp³-hybridized carbons (Fsp3) is 0.286. The maximum atomic E-state index is 12.5. The molecular formula is C21H22N2O3. The van der Waals surface area contributed by atoms with Gasteiger partial charge in [-0.15, -0.1) is 0 Å². The van der Waals surface area contributed by atoms with E-state index >= 15 is 0 Å². The molecule has 0 aliphatic rings. The molecule has 0 aliphatic carbocycles. The van der Waals surface area contributed by atoms with E-state index in [2.05, 4.69) is 17.1 Å². The highest BCUT2D eigenvalue weighted by atomic mass is 16.6. The summed E-state index contributed by atoms with van der Waals surface area (Å²) in [5, 5.41) is 3.96. The van der Waals surface area contributed by atoms with Gasteiger partial charge in [0.25, 0.3) is 5.89 Å². The molecule has 0 aliphatic heterocycles. The van der Waals surface area contributed by atoms with Crippen LogP contribution >= 0.6 is 0 Å². The number of aryl methyl sites for hydroxylation is 1. The minimum Gasteiger partial charge on any atom is -0.455 e. The summed E-state index contributed by atoms with van der Waals surface area (Å²) in [4.78, 5) is 16.8. The van der Waals surface area contributed by atoms with Gasteiger partial charge in [0.2, 0.25) is 5.82 Å². The molecule has 0 bridgehead atoms. The fourth-order valence-corrected chi connectivity index (χ4v) is 2.60. The number of nitrogens with zero attached hydrogens (tertiary/aromatic N) is 2. The summed E-state index contributed by atoms with van der Waals surface area (Å²) in [5.41, 5.74) is 2.26. The fourth-order valence-electron chi connectivity index (χ4n) is 2.60. The summed E-state index contributed by atoms with van der Waals surface area (Å²) in [6.07, 6.45) is 0.977. The quantitative estimate of drug-likeness (QED) is 0.620. The monoisotopic (exact) mass is 350 g/mol. The van der Waals surface area contributed by atoms with Crippen molar-refractivity contribution in [2.75, 3.05) is 0 Å². The number of carbonyl (C=O) groups excluding carboxylic acids is 1. The number of carbonyl (C=O) groups is 1. The van der Waals surface area contributed by atoms with Crippen LogP contribution in [0.1, 0.15) is 37.8 Å². The third-order valence-electron chi connectivity index (χ3n) is 4.42. The molecular weight excluding hydrogens is 328 g/mol. The van der Waals surface area contributed by atoms with E-state index in [0.29, 0.717) is 5.82 Å². The molecule has 1 aromatic heterocycles. The van der Waals surface area contributed by atoms with Gasteiger partial charge in [-0.1, -0.05) is 66.7 Å². The molecule has 0 radical (unpaired) electrons. The highest BCUT2D eigenvalue weighted by Crippen LogP contribution is 2.25. The molecule has 134 valence electrons. The normalized spacial score (nSPS) is 11.3. The number of rotatable bonds is 6. The molecule has 0 saturated heterocycles. The van der Waals surface area contributed by atoms with Crippen molar-refractivity contribution in [3.8, 4) is 11.4 Å². The molecule has 26 heavy (non-hydrogen) atoms. The summed E-state index contributed by atoms with van der Waals surface area (Å²) in [5.74, 6) is 0.425. The number of hydrogen-bond acceptors (Lipinski definition) is 5. The summed E-state index contributed by atoms with van der Waals surface area (Å²) in [7, 11) is 0. The average Bonchev–Trinajstić information content (AvgIpc) is 3.16. The topological polar surface area (TPSA) is 65.2 Å². The molecule has 3 rings (SSSR count). The summed E-state index contributed by atoms with van der Waals surface area (Å²) in [6, 6.07) is 17.5. The van der Waals surface area contributed by atoms with E-state index in [-0.39, 0.29) is 18.5 Å². The minimum atomic E-state index is -0.750. The maximum Gasteiger partial charge on any atom is 0.316 e. The van der Waals surface area contributed by atoms with Crippen LogP contribution in [-0.2, 0) is 28.0 Å². The average molecular weight is 350 g/mol. The Hall–Kier alpha value is -2.95. The van der Waals surface area contributed by atoms with Crippen LogP contribution in [0, 0.1) is 0 Å². The summed E-state index contributed by atoms with van der Waals surface area (Å²) >= 11 is 0. The van der Waals surface area contributed by atoms with Crippen LogP contribution in [0.3, 0.4) is 0 Å². The predicted octanol–water partition coefficient (Wildman–Crippen LogP) is 4.32. The van der Waals surface area contributed by atoms with Crippen molar-refractivity contribution in [1.29, 1.82) is 0 Å². The lowest BCUT2D eigenvalue weighted by molar-refractivity contribution is -0.151. The summed E-state index contributed by atoms with van der Waals surface area (Å²) < 4.78 is 10.6. The van der Waals surface area contributed by atoms with Crippen molar-refractivity contribution in [3.63, 3.8) is 0 Å². The van der Waals surface area contributed by atoms with E-state index in [9.17, 15) is 4.79 Å². The van der Waals surface area contributed by atoms with Crippen molar-refractivity contribution in [3.05, 3.63) is 71.6 Å². The summed E-state index contributed by atoms with van der Waals surface area (Å²) in [6.45, 7) is 5.72. The van der Waals surface area contributed by atoms with Gasteiger partial charge in [0.05, 0.1) is 5.41 Å². The molecule has 0 fully saturated rings. The van der Waals surface area contributed by atoms with Crippen LogP contribution in [0.25, 0.3) is 11.4 Å². The van der Waals surface area contributed by atoms with Gasteiger partial charge in [-0.25, -0.2) is 0 Å². The van der Waals surface area contributed by atoms with Crippen LogP contribution in [-0.4, -0.2) is 16.1 Å². The van der Waals surface area contributed by atoms with Gasteiger partial charge in [-0.3, -0.25) is 4.79 Å². The molecule has 0 spiro atoms. The van der Waals surface area contributed by atoms with E-state index in [1.165, 1.54) is 5.56 Å². The number of hydrogen-bond donors (Lipinski definition) is 0. The second kappa shape index (κ2) is 7.52. The SMILES string of the molecule is CCc1ccc(-c2noc(COC(=O)C(C)(C)c3ccccc3)n2)cc1. The van der Waals surface area contributed by atoms with Crippen LogP contribution in [0.4, 0.5) is 0 Å². The lowest BCUT2D eigenvalue weighted by atomic mass is 9.85. The van der Waals surface area contributed by atoms with E-state index < -0.39 is 5.41 Å². The first kappa shape index (κ1) is 17.9. The van der Waals surface area contributed by atoms with E-state index in [0.717, 1.165) is 17.5 Å². The van der Waals surface area contributed by atoms with Crippen LogP contribution in [0.15, 0.2) is 59.1 Å².